The summed E-state index contributed by atoms with van der Waals surface area (Å²) in [7, 11) is -1.37. The van der Waals surface area contributed by atoms with Crippen LogP contribution in [0, 0.1) is 38.4 Å². The molecule has 4 aliphatic heterocycles. The van der Waals surface area contributed by atoms with Crippen LogP contribution >= 0.6 is 34.3 Å². The predicted octanol–water partition coefficient (Wildman–Crippen LogP) is 20.9. The Kier molecular flexibility index (Phi) is 33.8. The lowest BCUT2D eigenvalue weighted by molar-refractivity contribution is -0.137. The van der Waals surface area contributed by atoms with Crippen molar-refractivity contribution in [1.82, 2.24) is 68.3 Å². The zero-order valence-corrected chi connectivity index (χ0v) is 82.5. The van der Waals surface area contributed by atoms with Crippen LogP contribution in [0.15, 0.2) is 273 Å². The summed E-state index contributed by atoms with van der Waals surface area (Å²) in [6.45, 7) is 21.4. The van der Waals surface area contributed by atoms with Gasteiger partial charge in [-0.3, -0.25) is 28.2 Å². The van der Waals surface area contributed by atoms with Gasteiger partial charge in [0.25, 0.3) is 11.8 Å². The highest BCUT2D eigenvalue weighted by molar-refractivity contribution is 7.84. The van der Waals surface area contributed by atoms with E-state index in [-0.39, 0.29) is 94.6 Å². The molecule has 8 aromatic heterocycles. The first kappa shape index (κ1) is 102. The maximum Gasteiger partial charge on any atom is 0.416 e. The number of carbonyl (C=O) groups excluding carboxylic acids is 5. The molecular weight excluding hydrogens is 1900 g/mol. The first-order chi connectivity index (χ1) is 68.3. The number of hydrogen-bond donors (Lipinski definition) is 2. The fourth-order valence-electron chi connectivity index (χ4n) is 17.1. The summed E-state index contributed by atoms with van der Waals surface area (Å²) in [5.41, 5.74) is 11.7. The number of piperidine rings is 1. The van der Waals surface area contributed by atoms with Crippen molar-refractivity contribution >= 4 is 108 Å². The highest BCUT2D eigenvalue weighted by atomic mass is 35.5. The number of Topliss-reactive ketones (excluding diaryl/α,β-unsaturated/α-hetero) is 1. The second-order valence-electron chi connectivity index (χ2n) is 35.3. The van der Waals surface area contributed by atoms with E-state index in [0.29, 0.717) is 87.1 Å². The van der Waals surface area contributed by atoms with Crippen LogP contribution in [0.3, 0.4) is 0 Å². The van der Waals surface area contributed by atoms with Gasteiger partial charge in [0.1, 0.15) is 17.4 Å². The molecule has 3 saturated heterocycles. The quantitative estimate of drug-likeness (QED) is 0.0221. The van der Waals surface area contributed by atoms with Gasteiger partial charge in [-0.25, -0.2) is 37.0 Å². The third kappa shape index (κ3) is 26.5. The van der Waals surface area contributed by atoms with E-state index in [9.17, 15) is 59.6 Å². The number of benzene rings is 7. The average molecular weight is 2010 g/mol. The molecule has 0 aliphatic carbocycles. The number of piperazine rings is 2. The molecule has 12 heterocycles. The van der Waals surface area contributed by atoms with Crippen LogP contribution in [0.1, 0.15) is 134 Å². The lowest BCUT2D eigenvalue weighted by Crippen LogP contribution is -2.49. The van der Waals surface area contributed by atoms with Gasteiger partial charge in [0, 0.05) is 194 Å². The Morgan fingerprint density at radius 2 is 1.40 bits per heavy atom. The Bertz CT molecular complexity index is 6890. The number of rotatable bonds is 26. The number of allylic oxidation sites excluding steroid dienone is 1. The van der Waals surface area contributed by atoms with Gasteiger partial charge in [0.2, 0.25) is 29.6 Å². The van der Waals surface area contributed by atoms with Crippen LogP contribution in [0.2, 0.25) is 5.02 Å². The summed E-state index contributed by atoms with van der Waals surface area (Å²) in [5.74, 6) is -1.60. The highest BCUT2D eigenvalue weighted by Crippen LogP contribution is 2.37. The van der Waals surface area contributed by atoms with Gasteiger partial charge in [-0.2, -0.15) is 28.5 Å². The molecule has 4 amide bonds. The lowest BCUT2D eigenvalue weighted by atomic mass is 9.89. The first-order valence-electron chi connectivity index (χ1n) is 46.6. The summed E-state index contributed by atoms with van der Waals surface area (Å²) in [6, 6.07) is 60.7. The second-order valence-corrected chi connectivity index (χ2v) is 38.9. The zero-order chi connectivity index (χ0) is 100. The molecule has 2 N–H and O–H groups in total. The number of para-hydroxylation sites is 2. The monoisotopic (exact) mass is 2010 g/mol. The molecule has 7 aromatic carbocycles. The van der Waals surface area contributed by atoms with Crippen molar-refractivity contribution in [3.05, 3.63) is 356 Å². The van der Waals surface area contributed by atoms with E-state index in [1.165, 1.54) is 84.9 Å². The minimum absolute atomic E-state index is 0.000153. The molecule has 0 spiro atoms. The number of ketones is 1. The van der Waals surface area contributed by atoms with Crippen molar-refractivity contribution < 1.29 is 69.1 Å². The number of nitrogens with one attached hydrogen (secondary N) is 1. The van der Waals surface area contributed by atoms with Crippen molar-refractivity contribution in [1.29, 1.82) is 0 Å². The minimum Gasteiger partial charge on any atom is -0.513 e. The van der Waals surface area contributed by atoms with Gasteiger partial charge in [-0.1, -0.05) is 135 Å². The summed E-state index contributed by atoms with van der Waals surface area (Å²) >= 11 is 9.33. The van der Waals surface area contributed by atoms with Gasteiger partial charge >= 0.3 is 6.18 Å². The molecule has 19 rings (SSSR count). The van der Waals surface area contributed by atoms with Crippen molar-refractivity contribution in [2.75, 3.05) is 87.8 Å². The molecule has 4 aliphatic rings. The van der Waals surface area contributed by atoms with Crippen LogP contribution in [-0.2, 0) is 62.4 Å². The van der Waals surface area contributed by atoms with Crippen LogP contribution in [0.4, 0.5) is 37.7 Å². The largest absolute Gasteiger partial charge is 0.513 e. The molecule has 0 saturated carbocycles. The van der Waals surface area contributed by atoms with E-state index >= 15 is 0 Å². The van der Waals surface area contributed by atoms with Crippen LogP contribution in [0.25, 0.3) is 39.3 Å². The van der Waals surface area contributed by atoms with Gasteiger partial charge in [0.05, 0.1) is 63.5 Å². The SMILES string of the molecule is C=C(O)CCCc1cn(Cc2ccc(F)cc2)c2ccccc12.CC(C)[C@@H](NC(=O)C[S@@](=O)Cc1cnn(-c2ccccc2)c1-n1cccc1)c1cccs1.CC(F)(F)c1cccc(N2CCN(C(=O)/C=C/c3ccc4c(c3)OCO4)CC2)c1.Cc1ccc(N2CCN(C(=O)Cc3csc(-n4nc(C)c(Cl)c4C)n3)CC2)cc1.O=C(c1cccc(C(F)(F)F)c1)[C@@H]1CCCN(C(=O)c2cc3ncccn3n2)C1. The van der Waals surface area contributed by atoms with E-state index < -0.39 is 34.4 Å². The van der Waals surface area contributed by atoms with Gasteiger partial charge in [0.15, 0.2) is 28.6 Å². The molecule has 25 nitrogen and oxygen atoms in total. The highest BCUT2D eigenvalue weighted by Gasteiger charge is 2.36. The Balaban J connectivity index is 0.000000134. The zero-order valence-electron chi connectivity index (χ0n) is 79.3. The number of halogens is 7. The van der Waals surface area contributed by atoms with Crippen molar-refractivity contribution in [3.63, 3.8) is 0 Å². The van der Waals surface area contributed by atoms with Gasteiger partial charge in [-0.15, -0.1) is 22.7 Å². The molecule has 0 unspecified atom stereocenters. The molecule has 35 heteroatoms. The number of nitrogens with zero attached hydrogens (tertiary/aromatic N) is 15. The molecule has 0 bridgehead atoms. The number of anilines is 2. The van der Waals surface area contributed by atoms with E-state index in [4.69, 9.17) is 21.1 Å². The number of alkyl halides is 5. The van der Waals surface area contributed by atoms with E-state index in [1.54, 1.807) is 69.9 Å². The molecule has 3 fully saturated rings. The Morgan fingerprint density at radius 3 is 2.10 bits per heavy atom. The maximum absolute atomic E-state index is 13.6. The number of amides is 4. The number of hydrogen-bond acceptors (Lipinski definition) is 18. The number of aryl methyl sites for hydroxylation is 3. The lowest BCUT2D eigenvalue weighted by Gasteiger charge is -2.36. The number of likely N-dealkylation sites (tertiary alicyclic amines) is 1. The molecule has 0 radical (unpaired) electrons. The van der Waals surface area contributed by atoms with Crippen molar-refractivity contribution in [2.24, 2.45) is 11.8 Å². The standard InChI is InChI=1S/C24H26N4O2S2.C22H22F2N2O3.C21H24ClN5OS.C20H17F3N4O2.C20H20FNO/c1-18(2)23(21-11-8-14-31-21)26-22(29)17-32(30)16-19-15-25-28(20-9-4-3-5-10-20)24(19)27-12-6-7-13-27;1-22(23,24)17-3-2-4-18(14-17)25-9-11-26(12-10-25)21(27)8-6-16-5-7-19-20(13-16)29-15-28-19;1-14-4-6-18(7-5-14)25-8-10-26(11-9-25)19(28)12-17-13-29-21(23-17)27-16(3)20(22)15(2)24-27;21-20(22,23)15-6-1-4-13(10-15)18(28)14-5-2-8-26(12-14)19(29)16-11-17-24-7-3-9-27(17)25-16;1-15(23)5-4-6-17-14-22(20-8-3-2-7-19(17)20)13-16-9-11-18(21)12-10-16/h3-15,18,23H,16-17H2,1-2H3,(H,26,29);2-8,13-14H,9-12,15H2,1H3;4-7,13H,8-12H2,1-3H3;1,3-4,6-7,9-11,14H,2,5,8,12H2;2-3,7-12,14,23H,1,4-6,13H2/b;8-6+;;;/t23-,32+;;;14-;/m1..1./s1. The second kappa shape index (κ2) is 46.9. The summed E-state index contributed by atoms with van der Waals surface area (Å²) in [5, 5.41) is 32.0. The molecule has 15 aromatic rings. The molecule has 3 atom stereocenters. The number of ether oxygens (including phenoxy) is 2. The average Bonchev–Trinajstić information content (AvgIpc) is 1.65. The number of aromatic nitrogens is 10. The Labute approximate surface area is 834 Å². The minimum atomic E-state index is -4.51. The molecule has 142 heavy (non-hydrogen) atoms. The van der Waals surface area contributed by atoms with Crippen molar-refractivity contribution in [3.8, 4) is 28.1 Å². The number of carbonyl (C=O) groups is 5. The number of thiazole rings is 1. The fourth-order valence-corrected chi connectivity index (χ4v) is 20.0. The topological polar surface area (TPSA) is 258 Å². The molecule has 738 valence electrons. The summed E-state index contributed by atoms with van der Waals surface area (Å²) in [6.07, 6.45) is 13.6. The smallest absolute Gasteiger partial charge is 0.416 e. The molecular formula is C107H109ClF6N16O9S3. The van der Waals surface area contributed by atoms with E-state index in [1.807, 2.05) is 159 Å². The number of thiophene rings is 1. The van der Waals surface area contributed by atoms with E-state index in [2.05, 4.69) is 110 Å². The normalized spacial score (nSPS) is 14.7. The Morgan fingerprint density at radius 1 is 0.697 bits per heavy atom. The maximum atomic E-state index is 13.6. The Hall–Kier alpha value is -14.2. The fraction of sp³-hybridized carbons (Fsp3) is 0.290. The number of aliphatic hydroxyl groups excluding tert-OH is 1. The number of fused-ring (bicyclic) bond motifs is 3. The summed E-state index contributed by atoms with van der Waals surface area (Å²) < 4.78 is 112. The van der Waals surface area contributed by atoms with Crippen molar-refractivity contribution in [2.45, 2.75) is 111 Å². The summed E-state index contributed by atoms with van der Waals surface area (Å²) in [4.78, 5) is 83.0. The third-order valence-electron chi connectivity index (χ3n) is 24.6. The van der Waals surface area contributed by atoms with Crippen LogP contribution < -0.4 is 24.6 Å². The van der Waals surface area contributed by atoms with Gasteiger partial charge in [-0.05, 0) is 184 Å². The van der Waals surface area contributed by atoms with E-state index in [0.717, 1.165) is 119 Å². The van der Waals surface area contributed by atoms with Crippen LogP contribution in [0.5, 0.6) is 11.5 Å². The first-order valence-corrected chi connectivity index (χ1v) is 50.2. The predicted molar refractivity (Wildman–Crippen MR) is 543 cm³/mol. The number of aliphatic hydroxyl groups is 1. The van der Waals surface area contributed by atoms with Crippen LogP contribution in [-0.4, -0.2) is 180 Å². The van der Waals surface area contributed by atoms with Gasteiger partial charge < -0.3 is 53.5 Å². The third-order valence-corrected chi connectivity index (χ3v) is 28.2.